The zero-order valence-electron chi connectivity index (χ0n) is 12.6. The van der Waals surface area contributed by atoms with E-state index in [2.05, 4.69) is 17.9 Å². The molecule has 2 rings (SSSR count). The molecular formula is C17H25NO2. The average molecular weight is 275 g/mol. The van der Waals surface area contributed by atoms with Crippen LogP contribution >= 0.6 is 0 Å². The van der Waals surface area contributed by atoms with Crippen LogP contribution < -0.4 is 0 Å². The number of nitrogens with zero attached hydrogens (tertiary/aromatic N) is 1. The molecule has 1 fully saturated rings. The monoisotopic (exact) mass is 275 g/mol. The standard InChI is InChI=1S/C17H25NO2/c1-14-9-5-6-10-15(14)13-17(2,16(19)20)18-11-7-3-4-8-12-18/h5-6,9-10H,3-4,7-8,11-13H2,1-2H3,(H,19,20). The van der Waals surface area contributed by atoms with E-state index in [1.54, 1.807) is 0 Å². The minimum Gasteiger partial charge on any atom is -0.480 e. The Morgan fingerprint density at radius 1 is 1.20 bits per heavy atom. The van der Waals surface area contributed by atoms with Gasteiger partial charge in [-0.2, -0.15) is 0 Å². The summed E-state index contributed by atoms with van der Waals surface area (Å²) in [6, 6.07) is 8.10. The lowest BCUT2D eigenvalue weighted by Gasteiger charge is -2.37. The minimum absolute atomic E-state index is 0.578. The van der Waals surface area contributed by atoms with Crippen molar-refractivity contribution in [1.82, 2.24) is 4.90 Å². The maximum Gasteiger partial charge on any atom is 0.324 e. The van der Waals surface area contributed by atoms with Gasteiger partial charge >= 0.3 is 5.97 Å². The molecular weight excluding hydrogens is 250 g/mol. The Morgan fingerprint density at radius 3 is 2.35 bits per heavy atom. The van der Waals surface area contributed by atoms with E-state index in [-0.39, 0.29) is 0 Å². The molecule has 0 bridgehead atoms. The van der Waals surface area contributed by atoms with E-state index in [0.29, 0.717) is 6.42 Å². The van der Waals surface area contributed by atoms with Crippen LogP contribution in [0.3, 0.4) is 0 Å². The highest BCUT2D eigenvalue weighted by atomic mass is 16.4. The molecule has 0 aromatic heterocycles. The van der Waals surface area contributed by atoms with Gasteiger partial charge in [-0.25, -0.2) is 0 Å². The minimum atomic E-state index is -0.795. The van der Waals surface area contributed by atoms with Crippen molar-refractivity contribution in [3.8, 4) is 0 Å². The molecule has 1 saturated heterocycles. The van der Waals surface area contributed by atoms with E-state index >= 15 is 0 Å². The van der Waals surface area contributed by atoms with Gasteiger partial charge in [0.15, 0.2) is 0 Å². The first kappa shape index (κ1) is 15.0. The molecule has 0 spiro atoms. The summed E-state index contributed by atoms with van der Waals surface area (Å²) in [5, 5.41) is 9.79. The molecule has 1 aliphatic rings. The summed E-state index contributed by atoms with van der Waals surface area (Å²) in [7, 11) is 0. The molecule has 20 heavy (non-hydrogen) atoms. The van der Waals surface area contributed by atoms with E-state index < -0.39 is 11.5 Å². The Kier molecular flexibility index (Phi) is 4.81. The van der Waals surface area contributed by atoms with Gasteiger partial charge in [0, 0.05) is 6.42 Å². The first-order chi connectivity index (χ1) is 9.54. The number of aliphatic carboxylic acids is 1. The number of benzene rings is 1. The number of aryl methyl sites for hydroxylation is 1. The van der Waals surface area contributed by atoms with Crippen molar-refractivity contribution in [3.63, 3.8) is 0 Å². The summed E-state index contributed by atoms with van der Waals surface area (Å²) in [5.41, 5.74) is 1.52. The van der Waals surface area contributed by atoms with Gasteiger partial charge in [-0.05, 0) is 50.9 Å². The number of likely N-dealkylation sites (tertiary alicyclic amines) is 1. The Bertz CT molecular complexity index is 464. The molecule has 0 saturated carbocycles. The second-order valence-electron chi connectivity index (χ2n) is 6.08. The van der Waals surface area contributed by atoms with Crippen LogP contribution in [0.1, 0.15) is 43.7 Å². The fourth-order valence-corrected chi connectivity index (χ4v) is 3.07. The average Bonchev–Trinajstić information content (AvgIpc) is 2.70. The summed E-state index contributed by atoms with van der Waals surface area (Å²) in [4.78, 5) is 14.1. The van der Waals surface area contributed by atoms with Crippen molar-refractivity contribution in [2.75, 3.05) is 13.1 Å². The lowest BCUT2D eigenvalue weighted by molar-refractivity contribution is -0.150. The third-order valence-electron chi connectivity index (χ3n) is 4.56. The lowest BCUT2D eigenvalue weighted by atomic mass is 9.88. The molecule has 110 valence electrons. The summed E-state index contributed by atoms with van der Waals surface area (Å²) in [6.45, 7) is 5.73. The summed E-state index contributed by atoms with van der Waals surface area (Å²) in [5.74, 6) is -0.706. The van der Waals surface area contributed by atoms with Crippen LogP contribution in [0.15, 0.2) is 24.3 Å². The van der Waals surface area contributed by atoms with Gasteiger partial charge in [-0.1, -0.05) is 37.1 Å². The van der Waals surface area contributed by atoms with E-state index in [4.69, 9.17) is 0 Å². The van der Waals surface area contributed by atoms with Crippen molar-refractivity contribution in [3.05, 3.63) is 35.4 Å². The van der Waals surface area contributed by atoms with Gasteiger partial charge < -0.3 is 5.11 Å². The van der Waals surface area contributed by atoms with E-state index in [0.717, 1.165) is 31.5 Å². The zero-order chi connectivity index (χ0) is 14.6. The number of hydrogen-bond acceptors (Lipinski definition) is 2. The molecule has 1 atom stereocenters. The van der Waals surface area contributed by atoms with Crippen LogP contribution in [0, 0.1) is 6.92 Å². The highest BCUT2D eigenvalue weighted by molar-refractivity contribution is 5.78. The maximum absolute atomic E-state index is 11.9. The smallest absolute Gasteiger partial charge is 0.324 e. The van der Waals surface area contributed by atoms with Crippen LogP contribution in [-0.4, -0.2) is 34.6 Å². The molecule has 1 aromatic rings. The number of carboxylic acid groups (broad SMARTS) is 1. The molecule has 0 radical (unpaired) electrons. The fraction of sp³-hybridized carbons (Fsp3) is 0.588. The largest absolute Gasteiger partial charge is 0.480 e. The summed E-state index contributed by atoms with van der Waals surface area (Å²) in [6.07, 6.45) is 5.23. The number of rotatable bonds is 4. The normalized spacial score (nSPS) is 20.1. The number of hydrogen-bond donors (Lipinski definition) is 1. The third-order valence-corrected chi connectivity index (χ3v) is 4.56. The third kappa shape index (κ3) is 3.21. The van der Waals surface area contributed by atoms with Crippen LogP contribution in [0.25, 0.3) is 0 Å². The van der Waals surface area contributed by atoms with Crippen molar-refractivity contribution in [2.45, 2.75) is 51.5 Å². The molecule has 1 unspecified atom stereocenters. The van der Waals surface area contributed by atoms with Gasteiger partial charge in [0.2, 0.25) is 0 Å². The molecule has 1 heterocycles. The molecule has 3 heteroatoms. The van der Waals surface area contributed by atoms with Crippen LogP contribution in [0.2, 0.25) is 0 Å². The lowest BCUT2D eigenvalue weighted by Crippen LogP contribution is -2.54. The number of carboxylic acids is 1. The van der Waals surface area contributed by atoms with Gasteiger partial charge in [-0.15, -0.1) is 0 Å². The number of carbonyl (C=O) groups is 1. The SMILES string of the molecule is Cc1ccccc1CC(C)(C(=O)O)N1CCCCCC1. The van der Waals surface area contributed by atoms with Crippen LogP contribution in [0.4, 0.5) is 0 Å². The zero-order valence-corrected chi connectivity index (χ0v) is 12.6. The quantitative estimate of drug-likeness (QED) is 0.917. The molecule has 1 N–H and O–H groups in total. The first-order valence-corrected chi connectivity index (χ1v) is 7.57. The predicted molar refractivity (Wildman–Crippen MR) is 81.0 cm³/mol. The molecule has 3 nitrogen and oxygen atoms in total. The summed E-state index contributed by atoms with van der Waals surface area (Å²) >= 11 is 0. The highest BCUT2D eigenvalue weighted by Gasteiger charge is 2.39. The highest BCUT2D eigenvalue weighted by Crippen LogP contribution is 2.26. The fourth-order valence-electron chi connectivity index (χ4n) is 3.07. The Balaban J connectivity index is 2.24. The van der Waals surface area contributed by atoms with Gasteiger partial charge in [0.25, 0.3) is 0 Å². The van der Waals surface area contributed by atoms with Crippen molar-refractivity contribution in [2.24, 2.45) is 0 Å². The molecule has 1 aromatic carbocycles. The van der Waals surface area contributed by atoms with Gasteiger partial charge in [0.05, 0.1) is 0 Å². The predicted octanol–water partition coefficient (Wildman–Crippen LogP) is 3.26. The van der Waals surface area contributed by atoms with Crippen molar-refractivity contribution >= 4 is 5.97 Å². The van der Waals surface area contributed by atoms with Crippen LogP contribution in [0.5, 0.6) is 0 Å². The van der Waals surface area contributed by atoms with Crippen LogP contribution in [-0.2, 0) is 11.2 Å². The second kappa shape index (κ2) is 6.40. The van der Waals surface area contributed by atoms with Crippen molar-refractivity contribution in [1.29, 1.82) is 0 Å². The topological polar surface area (TPSA) is 40.5 Å². The molecule has 0 aliphatic carbocycles. The van der Waals surface area contributed by atoms with E-state index in [1.807, 2.05) is 25.1 Å². The molecule has 0 amide bonds. The second-order valence-corrected chi connectivity index (χ2v) is 6.08. The van der Waals surface area contributed by atoms with Crippen molar-refractivity contribution < 1.29 is 9.90 Å². The summed E-state index contributed by atoms with van der Waals surface area (Å²) < 4.78 is 0. The van der Waals surface area contributed by atoms with E-state index in [9.17, 15) is 9.90 Å². The van der Waals surface area contributed by atoms with Gasteiger partial charge in [0.1, 0.15) is 5.54 Å². The van der Waals surface area contributed by atoms with Gasteiger partial charge in [-0.3, -0.25) is 9.69 Å². The Labute approximate surface area is 121 Å². The molecule has 1 aliphatic heterocycles. The Morgan fingerprint density at radius 2 is 1.80 bits per heavy atom. The first-order valence-electron chi connectivity index (χ1n) is 7.57. The Hall–Kier alpha value is -1.35. The maximum atomic E-state index is 11.9. The van der Waals surface area contributed by atoms with E-state index in [1.165, 1.54) is 18.4 Å².